The van der Waals surface area contributed by atoms with Gasteiger partial charge in [-0.05, 0) is 0 Å². The molecule has 1 unspecified atom stereocenters. The Morgan fingerprint density at radius 3 is 2.50 bits per heavy atom. The Hall–Kier alpha value is -1.46. The summed E-state index contributed by atoms with van der Waals surface area (Å²) in [5.41, 5.74) is 5.85. The normalized spacial score (nSPS) is 22.2. The van der Waals surface area contributed by atoms with E-state index in [9.17, 15) is 0 Å². The minimum atomic E-state index is -0.737. The Bertz CT molecular complexity index is 796. The van der Waals surface area contributed by atoms with E-state index in [1.54, 1.807) is 3.28 Å². The van der Waals surface area contributed by atoms with E-state index in [0.29, 0.717) is 0 Å². The van der Waals surface area contributed by atoms with Gasteiger partial charge in [0.15, 0.2) is 0 Å². The average molecular weight is 362 g/mol. The van der Waals surface area contributed by atoms with E-state index in [2.05, 4.69) is 85.8 Å². The van der Waals surface area contributed by atoms with Gasteiger partial charge in [0.25, 0.3) is 0 Å². The molecule has 0 nitrogen and oxygen atoms in total. The number of hydrogen-bond donors (Lipinski definition) is 0. The number of benzene rings is 2. The van der Waals surface area contributed by atoms with Crippen LogP contribution < -0.4 is 0 Å². The molecule has 0 heterocycles. The molecule has 0 radical (unpaired) electrons. The zero-order valence-electron chi connectivity index (χ0n) is 12.7. The predicted octanol–water partition coefficient (Wildman–Crippen LogP) is 5.38. The first-order valence-electron chi connectivity index (χ1n) is 7.78. The Kier molecular flexibility index (Phi) is 3.62. The van der Waals surface area contributed by atoms with Crippen LogP contribution in [0.1, 0.15) is 30.0 Å². The third-order valence-corrected chi connectivity index (χ3v) is 8.86. The van der Waals surface area contributed by atoms with Crippen molar-refractivity contribution >= 4 is 11.6 Å². The van der Waals surface area contributed by atoms with Crippen LogP contribution in [0.4, 0.5) is 0 Å². The van der Waals surface area contributed by atoms with Crippen LogP contribution in [-0.4, -0.2) is 0 Å². The third-order valence-electron chi connectivity index (χ3n) is 4.60. The van der Waals surface area contributed by atoms with Crippen LogP contribution in [0, 0.1) is 0 Å². The Labute approximate surface area is 143 Å². The first kappa shape index (κ1) is 14.2. The Morgan fingerprint density at radius 2 is 1.73 bits per heavy atom. The second kappa shape index (κ2) is 5.63. The zero-order chi connectivity index (χ0) is 15.0. The fourth-order valence-corrected chi connectivity index (χ4v) is 7.82. The molecule has 4 rings (SSSR count). The van der Waals surface area contributed by atoms with Gasteiger partial charge in [-0.15, -0.1) is 0 Å². The molecule has 0 aliphatic heterocycles. The second-order valence-corrected chi connectivity index (χ2v) is 10.7. The molecule has 0 N–H and O–H groups in total. The fourth-order valence-electron chi connectivity index (χ4n) is 3.51. The summed E-state index contributed by atoms with van der Waals surface area (Å²) >= 11 is -0.737. The molecule has 0 aromatic heterocycles. The summed E-state index contributed by atoms with van der Waals surface area (Å²) in [4.78, 5) is 0. The van der Waals surface area contributed by atoms with Gasteiger partial charge in [-0.2, -0.15) is 0 Å². The molecule has 0 spiro atoms. The summed E-state index contributed by atoms with van der Waals surface area (Å²) in [6, 6.07) is 19.9. The summed E-state index contributed by atoms with van der Waals surface area (Å²) in [7, 11) is 0. The summed E-state index contributed by atoms with van der Waals surface area (Å²) in [6.45, 7) is 2.48. The molecule has 0 amide bonds. The van der Waals surface area contributed by atoms with E-state index in [1.807, 2.05) is 0 Å². The van der Waals surface area contributed by atoms with Crippen LogP contribution in [0.2, 0.25) is 0 Å². The van der Waals surface area contributed by atoms with Crippen LogP contribution >= 0.6 is 0 Å². The van der Waals surface area contributed by atoms with Gasteiger partial charge in [-0.3, -0.25) is 0 Å². The first-order chi connectivity index (χ1) is 10.8. The summed E-state index contributed by atoms with van der Waals surface area (Å²) < 4.78 is 1.93. The molecule has 0 saturated heterocycles. The van der Waals surface area contributed by atoms with E-state index < -0.39 is 23.2 Å². The Morgan fingerprint density at radius 1 is 0.955 bits per heavy atom. The van der Waals surface area contributed by atoms with Crippen LogP contribution in [0.25, 0.3) is 11.6 Å². The molecular weight excluding hydrogens is 343 g/mol. The molecule has 2 aromatic carbocycles. The van der Waals surface area contributed by atoms with E-state index in [4.69, 9.17) is 0 Å². The molecule has 1 atom stereocenters. The van der Waals surface area contributed by atoms with Gasteiger partial charge in [0, 0.05) is 0 Å². The molecule has 0 fully saturated rings. The van der Waals surface area contributed by atoms with Crippen LogP contribution in [0.15, 0.2) is 76.1 Å². The van der Waals surface area contributed by atoms with E-state index in [-0.39, 0.29) is 3.12 Å². The van der Waals surface area contributed by atoms with Crippen molar-refractivity contribution in [1.29, 1.82) is 0 Å². The summed E-state index contributed by atoms with van der Waals surface area (Å²) in [6.07, 6.45) is 10.5. The molecule has 2 aliphatic rings. The van der Waals surface area contributed by atoms with Crippen molar-refractivity contribution in [2.75, 3.05) is 0 Å². The third kappa shape index (κ3) is 2.33. The van der Waals surface area contributed by atoms with Gasteiger partial charge < -0.3 is 0 Å². The van der Waals surface area contributed by atoms with Gasteiger partial charge >= 0.3 is 144 Å². The number of rotatable bonds is 3. The Balaban J connectivity index is 1.82. The van der Waals surface area contributed by atoms with Gasteiger partial charge in [-0.25, -0.2) is 0 Å². The SMILES string of the molecule is C[C]1([Zr][C]2=CC=CC2)C(c2ccccc2)=Cc2ccccc21. The second-order valence-electron chi connectivity index (χ2n) is 6.09. The maximum absolute atomic E-state index is 2.48. The molecular formula is C21H18Zr. The van der Waals surface area contributed by atoms with Crippen molar-refractivity contribution in [2.45, 2.75) is 16.5 Å². The average Bonchev–Trinajstić information content (AvgIpc) is 3.15. The molecule has 22 heavy (non-hydrogen) atoms. The van der Waals surface area contributed by atoms with Crippen LogP contribution in [0.3, 0.4) is 0 Å². The maximum atomic E-state index is 2.48. The van der Waals surface area contributed by atoms with Crippen molar-refractivity contribution in [2.24, 2.45) is 0 Å². The van der Waals surface area contributed by atoms with E-state index in [0.717, 1.165) is 0 Å². The first-order valence-corrected chi connectivity index (χ1v) is 10.2. The van der Waals surface area contributed by atoms with Gasteiger partial charge in [0.2, 0.25) is 0 Å². The molecule has 2 aliphatic carbocycles. The van der Waals surface area contributed by atoms with E-state index in [1.165, 1.54) is 28.7 Å². The summed E-state index contributed by atoms with van der Waals surface area (Å²) in [5, 5.41) is 0. The minimum absolute atomic E-state index is 0.235. The number of fused-ring (bicyclic) bond motifs is 1. The van der Waals surface area contributed by atoms with Crippen molar-refractivity contribution < 1.29 is 23.2 Å². The van der Waals surface area contributed by atoms with Gasteiger partial charge in [-0.1, -0.05) is 0 Å². The van der Waals surface area contributed by atoms with Crippen molar-refractivity contribution in [3.8, 4) is 0 Å². The van der Waals surface area contributed by atoms with Crippen molar-refractivity contribution in [1.82, 2.24) is 0 Å². The van der Waals surface area contributed by atoms with Crippen molar-refractivity contribution in [3.05, 3.63) is 92.8 Å². The monoisotopic (exact) mass is 360 g/mol. The van der Waals surface area contributed by atoms with Crippen LogP contribution in [0.5, 0.6) is 0 Å². The standard InChI is InChI=1S/C16H13.C5H5.Zr/c1-12-15-10-6-5-9-14(15)11-16(12)13-7-3-2-4-8-13;1-2-4-5-3-1;/h2-11H,1H3;1-3H,4H2;. The molecule has 0 saturated carbocycles. The predicted molar refractivity (Wildman–Crippen MR) is 89.9 cm³/mol. The zero-order valence-corrected chi connectivity index (χ0v) is 15.2. The fraction of sp³-hybridized carbons (Fsp3) is 0.143. The quantitative estimate of drug-likeness (QED) is 0.688. The van der Waals surface area contributed by atoms with Gasteiger partial charge in [0.1, 0.15) is 0 Å². The molecule has 106 valence electrons. The number of hydrogen-bond acceptors (Lipinski definition) is 0. The van der Waals surface area contributed by atoms with Crippen molar-refractivity contribution in [3.63, 3.8) is 0 Å². The van der Waals surface area contributed by atoms with Gasteiger partial charge in [0.05, 0.1) is 0 Å². The van der Waals surface area contributed by atoms with Crippen LogP contribution in [-0.2, 0) is 26.4 Å². The topological polar surface area (TPSA) is 0 Å². The summed E-state index contributed by atoms with van der Waals surface area (Å²) in [5.74, 6) is 0. The molecule has 2 aromatic rings. The molecule has 0 bridgehead atoms. The molecule has 1 heteroatoms. The van der Waals surface area contributed by atoms with E-state index >= 15 is 0 Å². The number of allylic oxidation sites excluding steroid dienone is 5.